The fourth-order valence-electron chi connectivity index (χ4n) is 3.58. The minimum Gasteiger partial charge on any atom is -0.388 e. The third-order valence-electron chi connectivity index (χ3n) is 4.80. The summed E-state index contributed by atoms with van der Waals surface area (Å²) in [6.45, 7) is 5.63. The zero-order valence-corrected chi connectivity index (χ0v) is 14.4. The summed E-state index contributed by atoms with van der Waals surface area (Å²) in [5.41, 5.74) is 6.89. The van der Waals surface area contributed by atoms with Gasteiger partial charge < -0.3 is 15.2 Å². The Morgan fingerprint density at radius 2 is 2.17 bits per heavy atom. The molecule has 5 heteroatoms. The lowest BCUT2D eigenvalue weighted by atomic mass is 9.96. The maximum atomic E-state index is 4.76. The Hall–Kier alpha value is -2.56. The fraction of sp³-hybridized carbons (Fsp3) is 0.368. The molecule has 0 bridgehead atoms. The first-order chi connectivity index (χ1) is 11.7. The molecular formula is C19H23N5. The molecule has 0 radical (unpaired) electrons. The standard InChI is InChI=1S/C19H23N5/c1-12(2)24-8-4-5-13-9-16(20-3)14(10-18(13)24)19-22-15-6-7-21-11-17(15)23-19/h6-7,9-12,20H,4-5,8H2,1-3H3,(H,22,23). The highest BCUT2D eigenvalue weighted by atomic mass is 15.2. The molecule has 0 aliphatic carbocycles. The van der Waals surface area contributed by atoms with Gasteiger partial charge in [-0.1, -0.05) is 0 Å². The molecule has 124 valence electrons. The number of hydrogen-bond donors (Lipinski definition) is 2. The van der Waals surface area contributed by atoms with Crippen molar-refractivity contribution in [2.24, 2.45) is 0 Å². The second kappa shape index (κ2) is 5.82. The van der Waals surface area contributed by atoms with Crippen molar-refractivity contribution in [2.45, 2.75) is 32.7 Å². The lowest BCUT2D eigenvalue weighted by Crippen LogP contribution is -2.35. The highest BCUT2D eigenvalue weighted by molar-refractivity contribution is 5.85. The van der Waals surface area contributed by atoms with Crippen molar-refractivity contribution in [3.63, 3.8) is 0 Å². The van der Waals surface area contributed by atoms with Crippen LogP contribution in [0.3, 0.4) is 0 Å². The molecule has 1 aliphatic rings. The maximum absolute atomic E-state index is 4.76. The summed E-state index contributed by atoms with van der Waals surface area (Å²) >= 11 is 0. The second-order valence-corrected chi connectivity index (χ2v) is 6.65. The number of nitrogens with zero attached hydrogens (tertiary/aromatic N) is 3. The van der Waals surface area contributed by atoms with Crippen LogP contribution in [-0.2, 0) is 6.42 Å². The molecule has 5 nitrogen and oxygen atoms in total. The molecule has 0 saturated carbocycles. The Morgan fingerprint density at radius 1 is 1.29 bits per heavy atom. The van der Waals surface area contributed by atoms with Gasteiger partial charge >= 0.3 is 0 Å². The van der Waals surface area contributed by atoms with Gasteiger partial charge in [0, 0.05) is 42.8 Å². The van der Waals surface area contributed by atoms with Crippen molar-refractivity contribution < 1.29 is 0 Å². The normalized spacial score (nSPS) is 14.2. The second-order valence-electron chi connectivity index (χ2n) is 6.65. The van der Waals surface area contributed by atoms with E-state index in [0.717, 1.165) is 41.1 Å². The molecule has 2 N–H and O–H groups in total. The number of aryl methyl sites for hydroxylation is 1. The van der Waals surface area contributed by atoms with Gasteiger partial charge in [-0.3, -0.25) is 4.98 Å². The van der Waals surface area contributed by atoms with Gasteiger partial charge in [0.25, 0.3) is 0 Å². The van der Waals surface area contributed by atoms with Crippen LogP contribution in [-0.4, -0.2) is 34.6 Å². The highest BCUT2D eigenvalue weighted by Crippen LogP contribution is 2.37. The van der Waals surface area contributed by atoms with Gasteiger partial charge in [-0.05, 0) is 50.5 Å². The highest BCUT2D eigenvalue weighted by Gasteiger charge is 2.22. The first-order valence-corrected chi connectivity index (χ1v) is 8.59. The number of fused-ring (bicyclic) bond motifs is 2. The Labute approximate surface area is 142 Å². The summed E-state index contributed by atoms with van der Waals surface area (Å²) in [4.78, 5) is 14.8. The zero-order chi connectivity index (χ0) is 16.7. The van der Waals surface area contributed by atoms with Gasteiger partial charge in [-0.25, -0.2) is 4.98 Å². The first kappa shape index (κ1) is 15.0. The Kier molecular flexibility index (Phi) is 3.63. The number of aromatic nitrogens is 3. The smallest absolute Gasteiger partial charge is 0.140 e. The lowest BCUT2D eigenvalue weighted by Gasteiger charge is -2.35. The van der Waals surface area contributed by atoms with E-state index in [0.29, 0.717) is 6.04 Å². The van der Waals surface area contributed by atoms with E-state index in [4.69, 9.17) is 4.98 Å². The molecule has 24 heavy (non-hydrogen) atoms. The van der Waals surface area contributed by atoms with Crippen LogP contribution in [0, 0.1) is 0 Å². The molecule has 0 saturated heterocycles. The van der Waals surface area contributed by atoms with Crippen LogP contribution in [0.2, 0.25) is 0 Å². The van der Waals surface area contributed by atoms with Gasteiger partial charge in [-0.2, -0.15) is 0 Å². The van der Waals surface area contributed by atoms with Crippen LogP contribution in [0.15, 0.2) is 30.6 Å². The summed E-state index contributed by atoms with van der Waals surface area (Å²) < 4.78 is 0. The van der Waals surface area contributed by atoms with Crippen molar-refractivity contribution in [3.05, 3.63) is 36.2 Å². The van der Waals surface area contributed by atoms with E-state index in [1.807, 2.05) is 19.3 Å². The minimum absolute atomic E-state index is 0.497. The van der Waals surface area contributed by atoms with Crippen LogP contribution < -0.4 is 10.2 Å². The van der Waals surface area contributed by atoms with Crippen molar-refractivity contribution in [3.8, 4) is 11.4 Å². The molecule has 4 rings (SSSR count). The van der Waals surface area contributed by atoms with E-state index in [1.54, 1.807) is 6.20 Å². The zero-order valence-electron chi connectivity index (χ0n) is 14.4. The largest absolute Gasteiger partial charge is 0.388 e. The van der Waals surface area contributed by atoms with Gasteiger partial charge in [-0.15, -0.1) is 0 Å². The summed E-state index contributed by atoms with van der Waals surface area (Å²) in [6.07, 6.45) is 5.95. The average molecular weight is 321 g/mol. The van der Waals surface area contributed by atoms with Crippen molar-refractivity contribution in [2.75, 3.05) is 23.8 Å². The summed E-state index contributed by atoms with van der Waals surface area (Å²) in [7, 11) is 1.97. The number of H-pyrrole nitrogens is 1. The van der Waals surface area contributed by atoms with E-state index >= 15 is 0 Å². The number of hydrogen-bond acceptors (Lipinski definition) is 4. The molecule has 0 amide bonds. The number of nitrogens with one attached hydrogen (secondary N) is 2. The topological polar surface area (TPSA) is 56.8 Å². The third kappa shape index (κ3) is 2.40. The Morgan fingerprint density at radius 3 is 2.92 bits per heavy atom. The number of aromatic amines is 1. The average Bonchev–Trinajstić information content (AvgIpc) is 3.03. The third-order valence-corrected chi connectivity index (χ3v) is 4.80. The fourth-order valence-corrected chi connectivity index (χ4v) is 3.58. The minimum atomic E-state index is 0.497. The lowest BCUT2D eigenvalue weighted by molar-refractivity contribution is 0.626. The van der Waals surface area contributed by atoms with Crippen LogP contribution >= 0.6 is 0 Å². The summed E-state index contributed by atoms with van der Waals surface area (Å²) in [5, 5.41) is 3.34. The number of benzene rings is 1. The Bertz CT molecular complexity index is 848. The molecule has 0 fully saturated rings. The van der Waals surface area contributed by atoms with Crippen LogP contribution in [0.25, 0.3) is 22.4 Å². The molecule has 0 atom stereocenters. The summed E-state index contributed by atoms with van der Waals surface area (Å²) in [6, 6.07) is 7.00. The predicted octanol–water partition coefficient (Wildman–Crippen LogP) is 3.83. The van der Waals surface area contributed by atoms with E-state index in [2.05, 4.69) is 46.2 Å². The van der Waals surface area contributed by atoms with Gasteiger partial charge in [0.1, 0.15) is 5.82 Å². The van der Waals surface area contributed by atoms with E-state index in [-0.39, 0.29) is 0 Å². The first-order valence-electron chi connectivity index (χ1n) is 8.59. The molecule has 3 aromatic rings. The number of anilines is 2. The van der Waals surface area contributed by atoms with E-state index in [9.17, 15) is 0 Å². The Balaban J connectivity index is 1.89. The van der Waals surface area contributed by atoms with Gasteiger partial charge in [0.05, 0.1) is 17.2 Å². The maximum Gasteiger partial charge on any atom is 0.140 e. The molecule has 2 aromatic heterocycles. The van der Waals surface area contributed by atoms with Gasteiger partial charge in [0.2, 0.25) is 0 Å². The van der Waals surface area contributed by atoms with Crippen LogP contribution in [0.4, 0.5) is 11.4 Å². The van der Waals surface area contributed by atoms with Crippen molar-refractivity contribution >= 4 is 22.4 Å². The van der Waals surface area contributed by atoms with Crippen LogP contribution in [0.5, 0.6) is 0 Å². The monoisotopic (exact) mass is 321 g/mol. The van der Waals surface area contributed by atoms with Gasteiger partial charge in [0.15, 0.2) is 0 Å². The number of rotatable bonds is 3. The quantitative estimate of drug-likeness (QED) is 0.770. The predicted molar refractivity (Wildman–Crippen MR) is 99.7 cm³/mol. The molecule has 0 unspecified atom stereocenters. The summed E-state index contributed by atoms with van der Waals surface area (Å²) in [5.74, 6) is 0.888. The van der Waals surface area contributed by atoms with Crippen molar-refractivity contribution in [1.82, 2.24) is 15.0 Å². The number of pyridine rings is 1. The molecule has 3 heterocycles. The number of imidazole rings is 1. The molecule has 1 aliphatic heterocycles. The molecular weight excluding hydrogens is 298 g/mol. The van der Waals surface area contributed by atoms with E-state index < -0.39 is 0 Å². The van der Waals surface area contributed by atoms with Crippen molar-refractivity contribution in [1.29, 1.82) is 0 Å². The molecule has 1 aromatic carbocycles. The SMILES string of the molecule is CNc1cc2c(cc1-c1nc3ccncc3[nH]1)N(C(C)C)CCC2. The van der Waals surface area contributed by atoms with Crippen LogP contribution in [0.1, 0.15) is 25.8 Å². The molecule has 0 spiro atoms. The van der Waals surface area contributed by atoms with E-state index in [1.165, 1.54) is 17.7 Å².